The van der Waals surface area contributed by atoms with Gasteiger partial charge < -0.3 is 5.73 Å². The summed E-state index contributed by atoms with van der Waals surface area (Å²) < 4.78 is 37.9. The number of benzene rings is 1. The van der Waals surface area contributed by atoms with E-state index in [1.54, 1.807) is 0 Å². The molecule has 1 rings (SSSR count). The first-order chi connectivity index (χ1) is 7.82. The van der Waals surface area contributed by atoms with E-state index in [0.29, 0.717) is 0 Å². The Morgan fingerprint density at radius 2 is 2.12 bits per heavy atom. The van der Waals surface area contributed by atoms with E-state index in [2.05, 4.69) is 4.99 Å². The molecule has 0 unspecified atom stereocenters. The maximum absolute atomic E-state index is 12.6. The zero-order chi connectivity index (χ0) is 13.1. The fourth-order valence-corrected chi connectivity index (χ4v) is 1.37. The molecule has 0 spiro atoms. The van der Waals surface area contributed by atoms with Gasteiger partial charge in [-0.05, 0) is 12.1 Å². The molecule has 3 nitrogen and oxygen atoms in total. The molecule has 0 bridgehead atoms. The monoisotopic (exact) mass is 263 g/mol. The summed E-state index contributed by atoms with van der Waals surface area (Å²) in [4.78, 5) is 3.62. The van der Waals surface area contributed by atoms with Gasteiger partial charge in [0.25, 0.3) is 0 Å². The van der Waals surface area contributed by atoms with Crippen LogP contribution in [0.3, 0.4) is 0 Å². The Morgan fingerprint density at radius 1 is 1.47 bits per heavy atom. The van der Waals surface area contributed by atoms with Gasteiger partial charge in [-0.1, -0.05) is 17.7 Å². The van der Waals surface area contributed by atoms with E-state index in [0.717, 1.165) is 12.3 Å². The summed E-state index contributed by atoms with van der Waals surface area (Å²) in [6.45, 7) is -0.164. The molecule has 1 aromatic carbocycles. The SMILES string of the molecule is N=C(N)CN=Cc1c(Cl)cccc1C(F)(F)F. The van der Waals surface area contributed by atoms with Crippen molar-refractivity contribution in [2.24, 2.45) is 10.7 Å². The van der Waals surface area contributed by atoms with Crippen LogP contribution in [0.5, 0.6) is 0 Å². The number of hydrogen-bond acceptors (Lipinski definition) is 2. The van der Waals surface area contributed by atoms with E-state index in [1.807, 2.05) is 0 Å². The third kappa shape index (κ3) is 3.74. The second-order valence-electron chi connectivity index (χ2n) is 3.19. The maximum Gasteiger partial charge on any atom is 0.417 e. The molecule has 0 saturated heterocycles. The number of amidine groups is 1. The van der Waals surface area contributed by atoms with Gasteiger partial charge in [0.05, 0.1) is 12.1 Å². The van der Waals surface area contributed by atoms with Crippen LogP contribution in [0.1, 0.15) is 11.1 Å². The average Bonchev–Trinajstić information content (AvgIpc) is 2.18. The number of nitrogens with one attached hydrogen (secondary N) is 1. The van der Waals surface area contributed by atoms with E-state index in [9.17, 15) is 13.2 Å². The van der Waals surface area contributed by atoms with Crippen LogP contribution in [0.15, 0.2) is 23.2 Å². The highest BCUT2D eigenvalue weighted by molar-refractivity contribution is 6.33. The first-order valence-electron chi connectivity index (χ1n) is 4.51. The molecule has 92 valence electrons. The molecule has 0 aliphatic rings. The van der Waals surface area contributed by atoms with Gasteiger partial charge in [-0.25, -0.2) is 0 Å². The van der Waals surface area contributed by atoms with Crippen LogP contribution >= 0.6 is 11.6 Å². The topological polar surface area (TPSA) is 62.2 Å². The minimum absolute atomic E-state index is 0.0490. The molecule has 0 fully saturated rings. The van der Waals surface area contributed by atoms with Crippen LogP contribution in [0.2, 0.25) is 5.02 Å². The van der Waals surface area contributed by atoms with Gasteiger partial charge in [-0.2, -0.15) is 13.2 Å². The third-order valence-corrected chi connectivity index (χ3v) is 2.17. The molecule has 0 aromatic heterocycles. The fourth-order valence-electron chi connectivity index (χ4n) is 1.15. The average molecular weight is 264 g/mol. The molecule has 1 aromatic rings. The Labute approximate surface area is 101 Å². The summed E-state index contributed by atoms with van der Waals surface area (Å²) in [5.74, 6) is -0.234. The Hall–Kier alpha value is -1.56. The van der Waals surface area contributed by atoms with Crippen molar-refractivity contribution >= 4 is 23.7 Å². The van der Waals surface area contributed by atoms with Crippen molar-refractivity contribution in [2.45, 2.75) is 6.18 Å². The van der Waals surface area contributed by atoms with Gasteiger partial charge in [0, 0.05) is 16.8 Å². The highest BCUT2D eigenvalue weighted by Gasteiger charge is 2.33. The van der Waals surface area contributed by atoms with E-state index >= 15 is 0 Å². The summed E-state index contributed by atoms with van der Waals surface area (Å²) in [6, 6.07) is 3.47. The quantitative estimate of drug-likeness (QED) is 0.639. The first kappa shape index (κ1) is 13.5. The lowest BCUT2D eigenvalue weighted by Gasteiger charge is -2.10. The van der Waals surface area contributed by atoms with Crippen molar-refractivity contribution in [3.8, 4) is 0 Å². The van der Waals surface area contributed by atoms with E-state index < -0.39 is 11.7 Å². The van der Waals surface area contributed by atoms with Gasteiger partial charge >= 0.3 is 6.18 Å². The third-order valence-electron chi connectivity index (χ3n) is 1.84. The number of nitrogens with zero attached hydrogens (tertiary/aromatic N) is 1. The smallest absolute Gasteiger partial charge is 0.386 e. The number of nitrogens with two attached hydrogens (primary N) is 1. The van der Waals surface area contributed by atoms with Crippen LogP contribution in [-0.2, 0) is 6.18 Å². The largest absolute Gasteiger partial charge is 0.417 e. The molecule has 17 heavy (non-hydrogen) atoms. The minimum Gasteiger partial charge on any atom is -0.386 e. The molecule has 0 radical (unpaired) electrons. The lowest BCUT2D eigenvalue weighted by Crippen LogP contribution is -2.14. The standard InChI is InChI=1S/C10H9ClF3N3/c11-8-3-1-2-7(10(12,13)14)6(8)4-17-5-9(15)16/h1-4H,5H2,(H3,15,16). The van der Waals surface area contributed by atoms with Gasteiger partial charge in [0.2, 0.25) is 0 Å². The van der Waals surface area contributed by atoms with Crippen molar-refractivity contribution < 1.29 is 13.2 Å². The Morgan fingerprint density at radius 3 is 2.65 bits per heavy atom. The maximum atomic E-state index is 12.6. The highest BCUT2D eigenvalue weighted by atomic mass is 35.5. The molecule has 0 heterocycles. The van der Waals surface area contributed by atoms with Crippen molar-refractivity contribution in [3.05, 3.63) is 34.3 Å². The predicted molar refractivity (Wildman–Crippen MR) is 60.8 cm³/mol. The Bertz CT molecular complexity index is 455. The molecule has 3 N–H and O–H groups in total. The Kier molecular flexibility index (Phi) is 4.11. The molecular formula is C10H9ClF3N3. The first-order valence-corrected chi connectivity index (χ1v) is 4.88. The van der Waals surface area contributed by atoms with Crippen LogP contribution in [-0.4, -0.2) is 18.6 Å². The molecule has 0 aliphatic carbocycles. The van der Waals surface area contributed by atoms with Crippen molar-refractivity contribution in [2.75, 3.05) is 6.54 Å². The number of halogens is 4. The summed E-state index contributed by atoms with van der Waals surface area (Å²) in [5.41, 5.74) is 3.95. The molecule has 0 amide bonds. The second-order valence-corrected chi connectivity index (χ2v) is 3.60. The minimum atomic E-state index is -4.50. The van der Waals surface area contributed by atoms with Crippen LogP contribution in [0, 0.1) is 5.41 Å². The van der Waals surface area contributed by atoms with Crippen LogP contribution < -0.4 is 5.73 Å². The van der Waals surface area contributed by atoms with Gasteiger partial charge in [0.15, 0.2) is 0 Å². The number of hydrogen-bond donors (Lipinski definition) is 2. The van der Waals surface area contributed by atoms with Gasteiger partial charge in [-0.3, -0.25) is 10.4 Å². The number of aliphatic imine (C=N–C) groups is 1. The summed E-state index contributed by atoms with van der Waals surface area (Å²) in [6.07, 6.45) is -3.52. The van der Waals surface area contributed by atoms with E-state index in [1.165, 1.54) is 12.1 Å². The van der Waals surface area contributed by atoms with Gasteiger partial charge in [0.1, 0.15) is 5.84 Å². The molecule has 0 aliphatic heterocycles. The number of rotatable bonds is 3. The van der Waals surface area contributed by atoms with E-state index in [-0.39, 0.29) is 23.0 Å². The lowest BCUT2D eigenvalue weighted by atomic mass is 10.1. The zero-order valence-electron chi connectivity index (χ0n) is 8.55. The normalized spacial score (nSPS) is 12.0. The van der Waals surface area contributed by atoms with Crippen molar-refractivity contribution in [1.29, 1.82) is 5.41 Å². The van der Waals surface area contributed by atoms with Crippen LogP contribution in [0.4, 0.5) is 13.2 Å². The second kappa shape index (κ2) is 5.18. The van der Waals surface area contributed by atoms with E-state index in [4.69, 9.17) is 22.7 Å². The lowest BCUT2D eigenvalue weighted by molar-refractivity contribution is -0.137. The summed E-state index contributed by atoms with van der Waals surface area (Å²) in [5, 5.41) is 6.85. The molecule has 0 atom stereocenters. The van der Waals surface area contributed by atoms with Crippen LogP contribution in [0.25, 0.3) is 0 Å². The summed E-state index contributed by atoms with van der Waals surface area (Å²) in [7, 11) is 0. The van der Waals surface area contributed by atoms with Crippen molar-refractivity contribution in [3.63, 3.8) is 0 Å². The Balaban J connectivity index is 3.13. The molecule has 7 heteroatoms. The molecular weight excluding hydrogens is 255 g/mol. The molecule has 0 saturated carbocycles. The fraction of sp³-hybridized carbons (Fsp3) is 0.200. The van der Waals surface area contributed by atoms with Gasteiger partial charge in [-0.15, -0.1) is 0 Å². The van der Waals surface area contributed by atoms with Crippen molar-refractivity contribution in [1.82, 2.24) is 0 Å². The zero-order valence-corrected chi connectivity index (χ0v) is 9.31. The highest BCUT2D eigenvalue weighted by Crippen LogP contribution is 2.33. The number of alkyl halides is 3. The predicted octanol–water partition coefficient (Wildman–Crippen LogP) is 2.71. The summed E-state index contributed by atoms with van der Waals surface area (Å²) >= 11 is 5.67.